The molecule has 0 spiro atoms. The highest BCUT2D eigenvalue weighted by Gasteiger charge is 2.22. The highest BCUT2D eigenvalue weighted by atomic mass is 32.2. The normalized spacial score (nSPS) is 13.8. The number of ether oxygens (including phenoxy) is 2. The number of hydrogen-bond acceptors (Lipinski definition) is 7. The number of aliphatic hydroxyl groups is 2. The van der Waals surface area contributed by atoms with E-state index in [1.54, 1.807) is 0 Å². The first-order valence-electron chi connectivity index (χ1n) is 10.1. The molecule has 1 atom stereocenters. The zero-order chi connectivity index (χ0) is 21.6. The smallest absolute Gasteiger partial charge is 0.230 e. The van der Waals surface area contributed by atoms with E-state index in [0.29, 0.717) is 31.6 Å². The van der Waals surface area contributed by atoms with Gasteiger partial charge in [0.2, 0.25) is 5.91 Å². The van der Waals surface area contributed by atoms with Crippen molar-refractivity contribution in [3.05, 3.63) is 0 Å². The molecular formula is C20H42N2O5S. The van der Waals surface area contributed by atoms with Crippen molar-refractivity contribution in [2.75, 3.05) is 44.4 Å². The molecule has 168 valence electrons. The lowest BCUT2D eigenvalue weighted by Crippen LogP contribution is -2.36. The van der Waals surface area contributed by atoms with Gasteiger partial charge in [-0.1, -0.05) is 13.8 Å². The Labute approximate surface area is 175 Å². The van der Waals surface area contributed by atoms with Gasteiger partial charge >= 0.3 is 0 Å². The van der Waals surface area contributed by atoms with Crippen LogP contribution in [0.15, 0.2) is 0 Å². The topological polar surface area (TPSA) is 100 Å². The van der Waals surface area contributed by atoms with Crippen LogP contribution in [-0.2, 0) is 14.3 Å². The van der Waals surface area contributed by atoms with Gasteiger partial charge in [0.1, 0.15) is 0 Å². The van der Waals surface area contributed by atoms with Gasteiger partial charge in [0.15, 0.2) is 0 Å². The third kappa shape index (κ3) is 16.6. The lowest BCUT2D eigenvalue weighted by molar-refractivity contribution is -0.119. The maximum absolute atomic E-state index is 11.7. The predicted molar refractivity (Wildman–Crippen MR) is 116 cm³/mol. The molecule has 4 N–H and O–H groups in total. The predicted octanol–water partition coefficient (Wildman–Crippen LogP) is 1.56. The zero-order valence-electron chi connectivity index (χ0n) is 18.5. The first-order chi connectivity index (χ1) is 13.0. The summed E-state index contributed by atoms with van der Waals surface area (Å²) in [6.45, 7) is 14.7. The Morgan fingerprint density at radius 2 is 1.64 bits per heavy atom. The molecular weight excluding hydrogens is 380 g/mol. The molecule has 0 aliphatic carbocycles. The molecule has 0 fully saturated rings. The summed E-state index contributed by atoms with van der Waals surface area (Å²) in [6, 6.07) is 0.481. The largest absolute Gasteiger partial charge is 0.394 e. The maximum Gasteiger partial charge on any atom is 0.230 e. The van der Waals surface area contributed by atoms with Crippen LogP contribution in [0.5, 0.6) is 0 Å². The summed E-state index contributed by atoms with van der Waals surface area (Å²) in [5, 5.41) is 24.1. The van der Waals surface area contributed by atoms with E-state index in [0.717, 1.165) is 19.4 Å². The maximum atomic E-state index is 11.7. The van der Waals surface area contributed by atoms with E-state index < -0.39 is 6.10 Å². The van der Waals surface area contributed by atoms with Gasteiger partial charge in [-0.25, -0.2) is 0 Å². The molecule has 1 unspecified atom stereocenters. The van der Waals surface area contributed by atoms with Crippen molar-refractivity contribution in [3.8, 4) is 0 Å². The van der Waals surface area contributed by atoms with Crippen molar-refractivity contribution < 1.29 is 24.5 Å². The lowest BCUT2D eigenvalue weighted by atomic mass is 10.0. The molecule has 0 aromatic rings. The van der Waals surface area contributed by atoms with Gasteiger partial charge in [-0.05, 0) is 47.1 Å². The van der Waals surface area contributed by atoms with Gasteiger partial charge in [-0.3, -0.25) is 4.79 Å². The molecule has 7 nitrogen and oxygen atoms in total. The van der Waals surface area contributed by atoms with E-state index >= 15 is 0 Å². The highest BCUT2D eigenvalue weighted by Crippen LogP contribution is 2.19. The Kier molecular flexibility index (Phi) is 14.4. The van der Waals surface area contributed by atoms with Gasteiger partial charge in [-0.2, -0.15) is 0 Å². The van der Waals surface area contributed by atoms with E-state index in [1.807, 2.05) is 13.8 Å². The quantitative estimate of drug-likeness (QED) is 0.264. The summed E-state index contributed by atoms with van der Waals surface area (Å²) < 4.78 is 11.9. The average Bonchev–Trinajstić information content (AvgIpc) is 2.57. The SMILES string of the molecule is CC(C)NCCC(C)(C)OCCC(C)(C)OCCNC(=O)CSCC(O)CO. The lowest BCUT2D eigenvalue weighted by Gasteiger charge is -2.30. The van der Waals surface area contributed by atoms with Crippen LogP contribution in [0.4, 0.5) is 0 Å². The summed E-state index contributed by atoms with van der Waals surface area (Å²) in [4.78, 5) is 11.7. The van der Waals surface area contributed by atoms with Crippen LogP contribution in [0.25, 0.3) is 0 Å². The number of amides is 1. The molecule has 0 rings (SSSR count). The Morgan fingerprint density at radius 3 is 2.25 bits per heavy atom. The second kappa shape index (κ2) is 14.6. The Balaban J connectivity index is 3.86. The molecule has 0 bridgehead atoms. The molecule has 0 aromatic carbocycles. The average molecular weight is 423 g/mol. The Morgan fingerprint density at radius 1 is 1.04 bits per heavy atom. The highest BCUT2D eigenvalue weighted by molar-refractivity contribution is 7.99. The van der Waals surface area contributed by atoms with Crippen molar-refractivity contribution in [2.45, 2.75) is 77.7 Å². The Hall–Kier alpha value is -0.380. The summed E-state index contributed by atoms with van der Waals surface area (Å²) in [7, 11) is 0. The second-order valence-corrected chi connectivity index (χ2v) is 9.56. The number of thioether (sulfide) groups is 1. The number of rotatable bonds is 17. The fourth-order valence-electron chi connectivity index (χ4n) is 2.29. The monoisotopic (exact) mass is 422 g/mol. The summed E-state index contributed by atoms with van der Waals surface area (Å²) in [5.74, 6) is 0.503. The van der Waals surface area contributed by atoms with E-state index in [1.165, 1.54) is 11.8 Å². The molecule has 0 saturated carbocycles. The van der Waals surface area contributed by atoms with Crippen molar-refractivity contribution in [1.29, 1.82) is 0 Å². The molecule has 28 heavy (non-hydrogen) atoms. The molecule has 0 radical (unpaired) electrons. The standard InChI is InChI=1S/C20H42N2O5S/c1-16(2)21-9-7-19(3,4)26-11-8-20(5,6)27-12-10-22-18(25)15-28-14-17(24)13-23/h16-17,21,23-24H,7-15H2,1-6H3,(H,22,25). The van der Waals surface area contributed by atoms with Crippen LogP contribution in [0.3, 0.4) is 0 Å². The molecule has 1 amide bonds. The molecule has 0 aromatic heterocycles. The second-order valence-electron chi connectivity index (χ2n) is 8.53. The first kappa shape index (κ1) is 27.6. The van der Waals surface area contributed by atoms with Crippen LogP contribution in [-0.4, -0.2) is 83.9 Å². The van der Waals surface area contributed by atoms with Gasteiger partial charge in [0, 0.05) is 18.3 Å². The minimum atomic E-state index is -0.777. The number of hydrogen-bond donors (Lipinski definition) is 4. The third-order valence-electron chi connectivity index (χ3n) is 4.15. The van der Waals surface area contributed by atoms with Crippen LogP contribution < -0.4 is 10.6 Å². The molecule has 0 saturated heterocycles. The van der Waals surface area contributed by atoms with Crippen molar-refractivity contribution in [2.24, 2.45) is 0 Å². The third-order valence-corrected chi connectivity index (χ3v) is 5.23. The van der Waals surface area contributed by atoms with Gasteiger partial charge < -0.3 is 30.3 Å². The number of carbonyl (C=O) groups is 1. The molecule has 0 aliphatic rings. The van der Waals surface area contributed by atoms with Crippen LogP contribution >= 0.6 is 11.8 Å². The van der Waals surface area contributed by atoms with Crippen LogP contribution in [0, 0.1) is 0 Å². The van der Waals surface area contributed by atoms with E-state index in [2.05, 4.69) is 38.3 Å². The van der Waals surface area contributed by atoms with Crippen molar-refractivity contribution in [1.82, 2.24) is 10.6 Å². The van der Waals surface area contributed by atoms with Crippen LogP contribution in [0.1, 0.15) is 54.4 Å². The summed E-state index contributed by atoms with van der Waals surface area (Å²) in [5.41, 5.74) is -0.496. The number of carbonyl (C=O) groups excluding carboxylic acids is 1. The number of nitrogens with one attached hydrogen (secondary N) is 2. The van der Waals surface area contributed by atoms with E-state index in [9.17, 15) is 9.90 Å². The minimum absolute atomic E-state index is 0.100. The van der Waals surface area contributed by atoms with Crippen molar-refractivity contribution >= 4 is 17.7 Å². The van der Waals surface area contributed by atoms with Crippen molar-refractivity contribution in [3.63, 3.8) is 0 Å². The van der Waals surface area contributed by atoms with E-state index in [-0.39, 0.29) is 29.5 Å². The number of aliphatic hydroxyl groups excluding tert-OH is 2. The molecule has 0 aliphatic heterocycles. The Bertz CT molecular complexity index is 419. The summed E-state index contributed by atoms with van der Waals surface area (Å²) in [6.07, 6.45) is 0.948. The fourth-order valence-corrected chi connectivity index (χ4v) is 3.07. The fraction of sp³-hybridized carbons (Fsp3) is 0.950. The van der Waals surface area contributed by atoms with Crippen LogP contribution in [0.2, 0.25) is 0 Å². The van der Waals surface area contributed by atoms with Gasteiger partial charge in [0.05, 0.1) is 42.9 Å². The zero-order valence-corrected chi connectivity index (χ0v) is 19.4. The van der Waals surface area contributed by atoms with E-state index in [4.69, 9.17) is 14.6 Å². The molecule has 8 heteroatoms. The van der Waals surface area contributed by atoms with Gasteiger partial charge in [-0.15, -0.1) is 11.8 Å². The molecule has 0 heterocycles. The summed E-state index contributed by atoms with van der Waals surface area (Å²) >= 11 is 1.29. The minimum Gasteiger partial charge on any atom is -0.394 e. The van der Waals surface area contributed by atoms with Gasteiger partial charge in [0.25, 0.3) is 0 Å². The first-order valence-corrected chi connectivity index (χ1v) is 11.3.